The maximum Gasteiger partial charge on any atom is 0.0701 e. The van der Waals surface area contributed by atoms with E-state index in [1.165, 1.54) is 21.9 Å². The highest BCUT2D eigenvalue weighted by molar-refractivity contribution is 9.11. The minimum atomic E-state index is 0.0216. The molecule has 3 aromatic rings. The van der Waals surface area contributed by atoms with E-state index in [-0.39, 0.29) is 5.38 Å². The Bertz CT molecular complexity index is 699. The van der Waals surface area contributed by atoms with Crippen molar-refractivity contribution in [2.24, 2.45) is 0 Å². The molecule has 1 aromatic heterocycles. The summed E-state index contributed by atoms with van der Waals surface area (Å²) >= 11 is 11.7. The fourth-order valence-electron chi connectivity index (χ4n) is 2.27. The molecular weight excluding hydrogens is 340 g/mol. The van der Waals surface area contributed by atoms with E-state index < -0.39 is 0 Å². The molecule has 0 radical (unpaired) electrons. The van der Waals surface area contributed by atoms with Crippen molar-refractivity contribution in [1.82, 2.24) is 0 Å². The van der Waals surface area contributed by atoms with E-state index in [1.54, 1.807) is 11.3 Å². The Hall–Kier alpha value is -0.830. The summed E-state index contributed by atoms with van der Waals surface area (Å²) in [5.41, 5.74) is 2.49. The van der Waals surface area contributed by atoms with Gasteiger partial charge in [-0.2, -0.15) is 0 Å². The average molecular weight is 352 g/mol. The molecule has 0 N–H and O–H groups in total. The van der Waals surface area contributed by atoms with E-state index in [9.17, 15) is 0 Å². The van der Waals surface area contributed by atoms with Crippen LogP contribution < -0.4 is 0 Å². The molecule has 19 heavy (non-hydrogen) atoms. The lowest BCUT2D eigenvalue weighted by Gasteiger charge is -2.10. The van der Waals surface area contributed by atoms with Crippen LogP contribution in [0.2, 0.25) is 0 Å². The number of halogens is 2. The third kappa shape index (κ3) is 2.86. The van der Waals surface area contributed by atoms with Gasteiger partial charge in [0.15, 0.2) is 0 Å². The van der Waals surface area contributed by atoms with Crippen LogP contribution in [0.3, 0.4) is 0 Å². The van der Waals surface area contributed by atoms with Gasteiger partial charge in [-0.1, -0.05) is 42.5 Å². The van der Waals surface area contributed by atoms with Gasteiger partial charge in [-0.15, -0.1) is 22.9 Å². The van der Waals surface area contributed by atoms with Gasteiger partial charge in [-0.3, -0.25) is 0 Å². The second-order valence-electron chi connectivity index (χ2n) is 4.49. The Balaban J connectivity index is 1.93. The summed E-state index contributed by atoms with van der Waals surface area (Å²) in [6, 6.07) is 17.0. The molecule has 2 aromatic carbocycles. The van der Waals surface area contributed by atoms with Crippen LogP contribution in [-0.4, -0.2) is 0 Å². The van der Waals surface area contributed by atoms with Crippen LogP contribution in [0.5, 0.6) is 0 Å². The molecule has 0 aliphatic rings. The normalized spacial score (nSPS) is 12.7. The van der Waals surface area contributed by atoms with Crippen molar-refractivity contribution >= 4 is 49.6 Å². The van der Waals surface area contributed by atoms with Gasteiger partial charge in [0.1, 0.15) is 0 Å². The van der Waals surface area contributed by atoms with Crippen LogP contribution in [-0.2, 0) is 6.42 Å². The predicted molar refractivity (Wildman–Crippen MR) is 88.3 cm³/mol. The molecule has 0 bridgehead atoms. The fourth-order valence-corrected chi connectivity index (χ4v) is 3.87. The summed E-state index contributed by atoms with van der Waals surface area (Å²) in [6.07, 6.45) is 0.853. The highest BCUT2D eigenvalue weighted by atomic mass is 79.9. The first-order chi connectivity index (χ1) is 9.24. The zero-order valence-electron chi connectivity index (χ0n) is 10.1. The Morgan fingerprint density at radius 2 is 1.89 bits per heavy atom. The van der Waals surface area contributed by atoms with Crippen LogP contribution >= 0.6 is 38.9 Å². The number of rotatable bonds is 3. The van der Waals surface area contributed by atoms with Crippen molar-refractivity contribution in [2.75, 3.05) is 0 Å². The van der Waals surface area contributed by atoms with Gasteiger partial charge in [-0.25, -0.2) is 0 Å². The van der Waals surface area contributed by atoms with E-state index in [4.69, 9.17) is 11.6 Å². The lowest BCUT2D eigenvalue weighted by atomic mass is 9.99. The summed E-state index contributed by atoms with van der Waals surface area (Å²) in [7, 11) is 0. The van der Waals surface area contributed by atoms with Gasteiger partial charge in [0.2, 0.25) is 0 Å². The fraction of sp³-hybridized carbons (Fsp3) is 0.125. The molecule has 96 valence electrons. The van der Waals surface area contributed by atoms with E-state index in [0.717, 1.165) is 10.2 Å². The number of fused-ring (bicyclic) bond motifs is 1. The summed E-state index contributed by atoms with van der Waals surface area (Å²) in [4.78, 5) is 0. The average Bonchev–Trinajstić information content (AvgIpc) is 2.86. The molecule has 1 heterocycles. The summed E-state index contributed by atoms with van der Waals surface area (Å²) < 4.78 is 1.13. The van der Waals surface area contributed by atoms with Gasteiger partial charge in [0.25, 0.3) is 0 Å². The van der Waals surface area contributed by atoms with Crippen LogP contribution in [0.25, 0.3) is 10.8 Å². The second kappa shape index (κ2) is 5.66. The first-order valence-corrected chi connectivity index (χ1v) is 8.19. The van der Waals surface area contributed by atoms with E-state index in [2.05, 4.69) is 69.8 Å². The first kappa shape index (κ1) is 13.2. The van der Waals surface area contributed by atoms with Crippen LogP contribution in [0, 0.1) is 0 Å². The van der Waals surface area contributed by atoms with E-state index in [0.29, 0.717) is 0 Å². The Morgan fingerprint density at radius 1 is 1.11 bits per heavy atom. The van der Waals surface area contributed by atoms with Crippen LogP contribution in [0.15, 0.2) is 57.7 Å². The van der Waals surface area contributed by atoms with Crippen LogP contribution in [0.4, 0.5) is 0 Å². The molecule has 3 rings (SSSR count). The molecule has 0 saturated carbocycles. The molecule has 0 spiro atoms. The largest absolute Gasteiger partial charge is 0.136 e. The van der Waals surface area contributed by atoms with Crippen LogP contribution in [0.1, 0.15) is 16.5 Å². The minimum absolute atomic E-state index is 0.0216. The van der Waals surface area contributed by atoms with E-state index >= 15 is 0 Å². The topological polar surface area (TPSA) is 0 Å². The van der Waals surface area contributed by atoms with Crippen molar-refractivity contribution in [3.05, 3.63) is 68.8 Å². The molecule has 1 atom stereocenters. The molecule has 0 saturated heterocycles. The highest BCUT2D eigenvalue weighted by Crippen LogP contribution is 2.32. The second-order valence-corrected chi connectivity index (χ2v) is 7.31. The molecule has 0 aliphatic carbocycles. The number of hydrogen-bond acceptors (Lipinski definition) is 1. The molecule has 0 aliphatic heterocycles. The van der Waals surface area contributed by atoms with Gasteiger partial charge < -0.3 is 0 Å². The molecule has 1 unspecified atom stereocenters. The SMILES string of the molecule is ClC(Cc1cccc2ccccc12)c1csc(Br)c1. The van der Waals surface area contributed by atoms with Gasteiger partial charge in [-0.05, 0) is 55.7 Å². The van der Waals surface area contributed by atoms with Gasteiger partial charge in [0, 0.05) is 0 Å². The summed E-state index contributed by atoms with van der Waals surface area (Å²) in [6.45, 7) is 0. The van der Waals surface area contributed by atoms with Crippen molar-refractivity contribution in [1.29, 1.82) is 0 Å². The van der Waals surface area contributed by atoms with Crippen molar-refractivity contribution in [2.45, 2.75) is 11.8 Å². The zero-order chi connectivity index (χ0) is 13.2. The maximum atomic E-state index is 6.54. The molecule has 0 nitrogen and oxygen atoms in total. The smallest absolute Gasteiger partial charge is 0.0701 e. The lowest BCUT2D eigenvalue weighted by Crippen LogP contribution is -1.95. The van der Waals surface area contributed by atoms with Crippen molar-refractivity contribution in [3.63, 3.8) is 0 Å². The number of thiophene rings is 1. The summed E-state index contributed by atoms with van der Waals surface area (Å²) in [5.74, 6) is 0. The number of benzene rings is 2. The Labute approximate surface area is 130 Å². The maximum absolute atomic E-state index is 6.54. The van der Waals surface area contributed by atoms with Crippen molar-refractivity contribution < 1.29 is 0 Å². The molecule has 0 fully saturated rings. The molecule has 3 heteroatoms. The lowest BCUT2D eigenvalue weighted by molar-refractivity contribution is 0.933. The monoisotopic (exact) mass is 350 g/mol. The molecular formula is C16H12BrClS. The summed E-state index contributed by atoms with van der Waals surface area (Å²) in [5, 5.41) is 4.71. The standard InChI is InChI=1S/C16H12BrClS/c17-16-9-13(10-19-16)15(18)8-12-6-3-5-11-4-1-2-7-14(11)12/h1-7,9-10,15H,8H2. The van der Waals surface area contributed by atoms with E-state index in [1.807, 2.05) is 0 Å². The quantitative estimate of drug-likeness (QED) is 0.494. The van der Waals surface area contributed by atoms with Gasteiger partial charge in [0.05, 0.1) is 9.16 Å². The third-order valence-electron chi connectivity index (χ3n) is 3.23. The predicted octanol–water partition coefficient (Wildman–Crippen LogP) is 6.19. The number of alkyl halides is 1. The third-order valence-corrected chi connectivity index (χ3v) is 5.16. The number of hydrogen-bond donors (Lipinski definition) is 0. The Kier molecular flexibility index (Phi) is 3.92. The zero-order valence-corrected chi connectivity index (χ0v) is 13.3. The highest BCUT2D eigenvalue weighted by Gasteiger charge is 2.12. The van der Waals surface area contributed by atoms with Gasteiger partial charge >= 0.3 is 0 Å². The Morgan fingerprint density at radius 3 is 2.68 bits per heavy atom. The molecule has 0 amide bonds. The minimum Gasteiger partial charge on any atom is -0.136 e. The van der Waals surface area contributed by atoms with Crippen molar-refractivity contribution in [3.8, 4) is 0 Å². The first-order valence-electron chi connectivity index (χ1n) is 6.08.